The third-order valence-electron chi connectivity index (χ3n) is 7.59. The molecule has 1 aliphatic heterocycles. The molecule has 7 heteroatoms. The third-order valence-corrected chi connectivity index (χ3v) is 7.59. The highest BCUT2D eigenvalue weighted by Gasteiger charge is 2.49. The smallest absolute Gasteiger partial charge is 0.186 e. The molecule has 0 aromatic heterocycles. The van der Waals surface area contributed by atoms with Gasteiger partial charge in [-0.3, -0.25) is 0 Å². The lowest BCUT2D eigenvalue weighted by Crippen LogP contribution is -2.61. The Hall–Kier alpha value is -3.69. The van der Waals surface area contributed by atoms with E-state index in [4.69, 9.17) is 28.4 Å². The van der Waals surface area contributed by atoms with Crippen molar-refractivity contribution in [3.05, 3.63) is 144 Å². The molecule has 4 aromatic rings. The van der Waals surface area contributed by atoms with Crippen LogP contribution in [-0.4, -0.2) is 50.2 Å². The number of hydrogen-bond donors (Lipinski definition) is 0. The van der Waals surface area contributed by atoms with Crippen molar-refractivity contribution in [1.29, 1.82) is 0 Å². The van der Waals surface area contributed by atoms with Gasteiger partial charge in [0.25, 0.3) is 0 Å². The second-order valence-corrected chi connectivity index (χ2v) is 11.0. The van der Waals surface area contributed by atoms with Gasteiger partial charge in [0.05, 0.1) is 39.6 Å². The van der Waals surface area contributed by atoms with E-state index in [0.717, 1.165) is 28.5 Å². The molecule has 0 saturated carbocycles. The molecule has 236 valence electrons. The number of ether oxygens (including phenoxy) is 6. The Kier molecular flexibility index (Phi) is 13.3. The van der Waals surface area contributed by atoms with E-state index in [1.165, 1.54) is 0 Å². The van der Waals surface area contributed by atoms with Crippen LogP contribution in [0.5, 0.6) is 0 Å². The Balaban J connectivity index is 1.41. The van der Waals surface area contributed by atoms with E-state index in [-0.39, 0.29) is 6.61 Å². The Labute approximate surface area is 266 Å². The first-order valence-electron chi connectivity index (χ1n) is 15.6. The molecule has 0 radical (unpaired) electrons. The highest BCUT2D eigenvalue weighted by atomic mass is 16.7. The fourth-order valence-corrected chi connectivity index (χ4v) is 5.25. The van der Waals surface area contributed by atoms with Crippen LogP contribution in [-0.2, 0) is 59.6 Å². The molecule has 0 spiro atoms. The Bertz CT molecular complexity index is 1350. The van der Waals surface area contributed by atoms with Gasteiger partial charge in [0, 0.05) is 6.42 Å². The number of carbonyl (C=O) groups excluding carboxylic acids is 1. The Morgan fingerprint density at radius 1 is 0.533 bits per heavy atom. The lowest BCUT2D eigenvalue weighted by molar-refractivity contribution is -0.328. The maximum Gasteiger partial charge on any atom is 0.186 e. The summed E-state index contributed by atoms with van der Waals surface area (Å²) >= 11 is 0. The molecular formula is C38H42O7. The summed E-state index contributed by atoms with van der Waals surface area (Å²) in [6.45, 7) is 2.10. The first-order valence-corrected chi connectivity index (χ1v) is 15.6. The second kappa shape index (κ2) is 18.3. The summed E-state index contributed by atoms with van der Waals surface area (Å²) < 4.78 is 39.0. The van der Waals surface area contributed by atoms with Crippen molar-refractivity contribution in [3.8, 4) is 0 Å². The summed E-state index contributed by atoms with van der Waals surface area (Å²) in [6, 6.07) is 40.1. The van der Waals surface area contributed by atoms with Gasteiger partial charge in [0.1, 0.15) is 30.7 Å². The first kappa shape index (κ1) is 32.7. The molecule has 0 amide bonds. The van der Waals surface area contributed by atoms with Gasteiger partial charge < -0.3 is 33.2 Å². The maximum atomic E-state index is 11.0. The molecule has 1 fully saturated rings. The minimum Gasteiger partial charge on any atom is -0.374 e. The molecule has 5 rings (SSSR count). The van der Waals surface area contributed by atoms with Gasteiger partial charge in [-0.2, -0.15) is 0 Å². The maximum absolute atomic E-state index is 11.0. The average Bonchev–Trinajstić information content (AvgIpc) is 3.10. The predicted octanol–water partition coefficient (Wildman–Crippen LogP) is 6.68. The minimum atomic E-state index is -0.761. The fraction of sp³-hybridized carbons (Fsp3) is 0.342. The van der Waals surface area contributed by atoms with Crippen LogP contribution in [0.2, 0.25) is 0 Å². The number of benzene rings is 4. The van der Waals surface area contributed by atoms with Crippen LogP contribution in [0.15, 0.2) is 121 Å². The van der Waals surface area contributed by atoms with Crippen LogP contribution in [0.4, 0.5) is 0 Å². The number of rotatable bonds is 18. The molecule has 4 aromatic carbocycles. The van der Waals surface area contributed by atoms with E-state index < -0.39 is 30.7 Å². The molecular weight excluding hydrogens is 568 g/mol. The normalized spacial score (nSPS) is 21.4. The predicted molar refractivity (Wildman–Crippen MR) is 171 cm³/mol. The third kappa shape index (κ3) is 10.4. The monoisotopic (exact) mass is 610 g/mol. The summed E-state index contributed by atoms with van der Waals surface area (Å²) in [7, 11) is 0. The van der Waals surface area contributed by atoms with Crippen molar-refractivity contribution in [1.82, 2.24) is 0 Å². The van der Waals surface area contributed by atoms with E-state index in [9.17, 15) is 4.79 Å². The molecule has 7 nitrogen and oxygen atoms in total. The van der Waals surface area contributed by atoms with Gasteiger partial charge in [0.15, 0.2) is 6.29 Å². The van der Waals surface area contributed by atoms with Gasteiger partial charge in [-0.05, 0) is 28.7 Å². The van der Waals surface area contributed by atoms with Crippen LogP contribution in [0, 0.1) is 0 Å². The van der Waals surface area contributed by atoms with Crippen molar-refractivity contribution in [3.63, 3.8) is 0 Å². The zero-order valence-corrected chi connectivity index (χ0v) is 25.5. The highest BCUT2D eigenvalue weighted by Crippen LogP contribution is 2.31. The topological polar surface area (TPSA) is 72.5 Å². The van der Waals surface area contributed by atoms with Crippen molar-refractivity contribution in [2.24, 2.45) is 0 Å². The van der Waals surface area contributed by atoms with Crippen LogP contribution in [0.1, 0.15) is 35.1 Å². The second-order valence-electron chi connectivity index (χ2n) is 11.0. The van der Waals surface area contributed by atoms with Crippen molar-refractivity contribution in [2.45, 2.75) is 70.0 Å². The lowest BCUT2D eigenvalue weighted by atomic mass is 9.97. The zero-order chi connectivity index (χ0) is 30.9. The average molecular weight is 611 g/mol. The summed E-state index contributed by atoms with van der Waals surface area (Å²) in [5, 5.41) is 0. The van der Waals surface area contributed by atoms with Crippen molar-refractivity contribution >= 4 is 6.29 Å². The standard InChI is InChI=1S/C38H42O7/c39-23-13-14-24-41-38-37(44-28-33-21-11-4-12-22-33)36(43-27-32-19-9-3-10-20-32)35(42-26-31-17-7-2-8-18-31)34(45-38)29-40-25-30-15-5-1-6-16-30/h1-12,15-23,34-38H,13-14,24-29H2/t34-,35-,36+,37-,38-/m1/s1. The molecule has 1 aliphatic rings. The summed E-state index contributed by atoms with van der Waals surface area (Å²) in [5.41, 5.74) is 4.16. The number of hydrogen-bond acceptors (Lipinski definition) is 7. The molecule has 5 atom stereocenters. The number of carbonyl (C=O) groups is 1. The summed E-state index contributed by atoms with van der Waals surface area (Å²) in [5.74, 6) is 0. The molecule has 1 saturated heterocycles. The Morgan fingerprint density at radius 3 is 1.47 bits per heavy atom. The molecule has 1 heterocycles. The van der Waals surface area contributed by atoms with Gasteiger partial charge in [-0.25, -0.2) is 0 Å². The lowest BCUT2D eigenvalue weighted by Gasteiger charge is -2.46. The van der Waals surface area contributed by atoms with E-state index in [1.807, 2.05) is 121 Å². The van der Waals surface area contributed by atoms with Crippen molar-refractivity contribution < 1.29 is 33.2 Å². The summed E-state index contributed by atoms with van der Waals surface area (Å²) in [4.78, 5) is 11.0. The first-order chi connectivity index (χ1) is 22.3. The van der Waals surface area contributed by atoms with Crippen molar-refractivity contribution in [2.75, 3.05) is 13.2 Å². The van der Waals surface area contributed by atoms with Gasteiger partial charge in [-0.15, -0.1) is 0 Å². The SMILES string of the molecule is O=CCCCO[C@@H]1O[C@H](COCc2ccccc2)[C@@H](OCc2ccccc2)[C@H](OCc2ccccc2)[C@H]1OCc1ccccc1. The van der Waals surface area contributed by atoms with Crippen LogP contribution >= 0.6 is 0 Å². The van der Waals surface area contributed by atoms with E-state index in [1.54, 1.807) is 0 Å². The molecule has 0 bridgehead atoms. The van der Waals surface area contributed by atoms with Gasteiger partial charge in [0.2, 0.25) is 0 Å². The highest BCUT2D eigenvalue weighted by molar-refractivity contribution is 5.48. The van der Waals surface area contributed by atoms with Crippen LogP contribution < -0.4 is 0 Å². The van der Waals surface area contributed by atoms with Crippen LogP contribution in [0.25, 0.3) is 0 Å². The Morgan fingerprint density at radius 2 is 0.978 bits per heavy atom. The molecule has 45 heavy (non-hydrogen) atoms. The zero-order valence-electron chi connectivity index (χ0n) is 25.5. The molecule has 0 unspecified atom stereocenters. The number of aldehydes is 1. The number of unbranched alkanes of at least 4 members (excludes halogenated alkanes) is 1. The van der Waals surface area contributed by atoms with E-state index in [0.29, 0.717) is 45.9 Å². The summed E-state index contributed by atoms with van der Waals surface area (Å²) in [6.07, 6.45) is -1.08. The molecule has 0 aliphatic carbocycles. The largest absolute Gasteiger partial charge is 0.374 e. The quantitative estimate of drug-likeness (QED) is 0.0919. The van der Waals surface area contributed by atoms with Gasteiger partial charge in [-0.1, -0.05) is 121 Å². The minimum absolute atomic E-state index is 0.263. The van der Waals surface area contributed by atoms with Crippen LogP contribution in [0.3, 0.4) is 0 Å². The molecule has 0 N–H and O–H groups in total. The van der Waals surface area contributed by atoms with E-state index >= 15 is 0 Å². The fourth-order valence-electron chi connectivity index (χ4n) is 5.25. The van der Waals surface area contributed by atoms with Gasteiger partial charge >= 0.3 is 0 Å². The van der Waals surface area contributed by atoms with E-state index in [2.05, 4.69) is 0 Å².